The van der Waals surface area contributed by atoms with Gasteiger partial charge in [0.05, 0.1) is 29.6 Å². The molecule has 2 rings (SSSR count). The monoisotopic (exact) mass is 312 g/mol. The van der Waals surface area contributed by atoms with Crippen molar-refractivity contribution in [1.82, 2.24) is 9.78 Å². The third-order valence-corrected chi connectivity index (χ3v) is 3.89. The Morgan fingerprint density at radius 1 is 1.48 bits per heavy atom. The number of hydrogen-bond acceptors (Lipinski definition) is 3. The van der Waals surface area contributed by atoms with Gasteiger partial charge in [-0.2, -0.15) is 5.10 Å². The Kier molecular flexibility index (Phi) is 4.85. The van der Waals surface area contributed by atoms with Crippen LogP contribution in [0.1, 0.15) is 30.0 Å². The van der Waals surface area contributed by atoms with Gasteiger partial charge in [0.15, 0.2) is 0 Å². The van der Waals surface area contributed by atoms with Crippen LogP contribution in [0.3, 0.4) is 0 Å². The lowest BCUT2D eigenvalue weighted by Gasteiger charge is -2.13. The standard InChI is InChI=1S/C15H18ClFN2O2/c1-4-12-15(16)13(19(2)18-12)8-14(20)10-6-5-9(21-3)7-11(10)17/h5-7,14,20H,4,8H2,1-3H3. The number of aromatic nitrogens is 2. The van der Waals surface area contributed by atoms with Crippen molar-refractivity contribution in [2.24, 2.45) is 7.05 Å². The van der Waals surface area contributed by atoms with E-state index < -0.39 is 11.9 Å². The molecule has 0 spiro atoms. The lowest BCUT2D eigenvalue weighted by atomic mass is 10.0. The van der Waals surface area contributed by atoms with Gasteiger partial charge in [-0.05, 0) is 18.6 Å². The van der Waals surface area contributed by atoms with Gasteiger partial charge in [0.1, 0.15) is 11.6 Å². The summed E-state index contributed by atoms with van der Waals surface area (Å²) in [5, 5.41) is 15.1. The molecule has 0 aliphatic carbocycles. The minimum Gasteiger partial charge on any atom is -0.497 e. The number of rotatable bonds is 5. The van der Waals surface area contributed by atoms with Crippen LogP contribution < -0.4 is 4.74 Å². The molecule has 2 aromatic rings. The molecule has 1 heterocycles. The first-order valence-electron chi connectivity index (χ1n) is 6.69. The molecule has 0 bridgehead atoms. The molecule has 1 atom stereocenters. The van der Waals surface area contributed by atoms with Gasteiger partial charge in [0.2, 0.25) is 0 Å². The largest absolute Gasteiger partial charge is 0.497 e. The Morgan fingerprint density at radius 3 is 2.71 bits per heavy atom. The van der Waals surface area contributed by atoms with Gasteiger partial charge in [-0.15, -0.1) is 0 Å². The number of methoxy groups -OCH3 is 1. The molecule has 0 aliphatic heterocycles. The number of benzene rings is 1. The second kappa shape index (κ2) is 6.45. The normalized spacial score (nSPS) is 12.5. The quantitative estimate of drug-likeness (QED) is 0.923. The Bertz CT molecular complexity index is 643. The fourth-order valence-corrected chi connectivity index (χ4v) is 2.61. The van der Waals surface area contributed by atoms with Crippen molar-refractivity contribution in [3.8, 4) is 5.75 Å². The summed E-state index contributed by atoms with van der Waals surface area (Å²) in [6, 6.07) is 4.38. The van der Waals surface area contributed by atoms with Crippen LogP contribution in [0.25, 0.3) is 0 Å². The average molecular weight is 313 g/mol. The molecule has 0 fully saturated rings. The molecule has 114 valence electrons. The van der Waals surface area contributed by atoms with Crippen molar-refractivity contribution in [3.05, 3.63) is 46.0 Å². The van der Waals surface area contributed by atoms with E-state index in [1.165, 1.54) is 19.2 Å². The summed E-state index contributed by atoms with van der Waals surface area (Å²) < 4.78 is 20.5. The maximum atomic E-state index is 14.0. The molecule has 0 saturated heterocycles. The Balaban J connectivity index is 2.26. The van der Waals surface area contributed by atoms with Gasteiger partial charge in [-0.1, -0.05) is 18.5 Å². The van der Waals surface area contributed by atoms with Crippen LogP contribution in [-0.2, 0) is 19.9 Å². The van der Waals surface area contributed by atoms with Gasteiger partial charge in [-0.25, -0.2) is 4.39 Å². The summed E-state index contributed by atoms with van der Waals surface area (Å²) in [7, 11) is 3.23. The zero-order valence-electron chi connectivity index (χ0n) is 12.2. The van der Waals surface area contributed by atoms with Crippen molar-refractivity contribution < 1.29 is 14.2 Å². The second-order valence-corrected chi connectivity index (χ2v) is 5.17. The molecule has 0 saturated carbocycles. The fourth-order valence-electron chi connectivity index (χ4n) is 2.24. The first kappa shape index (κ1) is 15.8. The third kappa shape index (κ3) is 3.19. The van der Waals surface area contributed by atoms with Gasteiger partial charge in [0, 0.05) is 25.1 Å². The number of nitrogens with zero attached hydrogens (tertiary/aromatic N) is 2. The summed E-state index contributed by atoms with van der Waals surface area (Å²) in [5.74, 6) is -0.0915. The molecule has 6 heteroatoms. The molecular weight excluding hydrogens is 295 g/mol. The maximum absolute atomic E-state index is 14.0. The number of aryl methyl sites for hydroxylation is 2. The zero-order chi connectivity index (χ0) is 15.6. The SMILES string of the molecule is CCc1nn(C)c(CC(O)c2ccc(OC)cc2F)c1Cl. The molecular formula is C15H18ClFN2O2. The van der Waals surface area contributed by atoms with Gasteiger partial charge >= 0.3 is 0 Å². The van der Waals surface area contributed by atoms with E-state index in [0.717, 1.165) is 5.69 Å². The van der Waals surface area contributed by atoms with Crippen LogP contribution in [0.4, 0.5) is 4.39 Å². The maximum Gasteiger partial charge on any atom is 0.132 e. The van der Waals surface area contributed by atoms with Crippen LogP contribution in [0, 0.1) is 5.82 Å². The molecule has 1 aromatic carbocycles. The molecule has 1 aromatic heterocycles. The Labute approximate surface area is 128 Å². The average Bonchev–Trinajstić information content (AvgIpc) is 2.74. The number of ether oxygens (including phenoxy) is 1. The minimum atomic E-state index is -0.992. The summed E-state index contributed by atoms with van der Waals surface area (Å²) in [6.45, 7) is 1.96. The van der Waals surface area contributed by atoms with Crippen LogP contribution in [0.5, 0.6) is 5.75 Å². The molecule has 1 N–H and O–H groups in total. The van der Waals surface area contributed by atoms with E-state index in [0.29, 0.717) is 22.9 Å². The van der Waals surface area contributed by atoms with Crippen LogP contribution in [-0.4, -0.2) is 22.0 Å². The highest BCUT2D eigenvalue weighted by Crippen LogP contribution is 2.28. The van der Waals surface area contributed by atoms with Crippen molar-refractivity contribution in [2.75, 3.05) is 7.11 Å². The van der Waals surface area contributed by atoms with Crippen LogP contribution >= 0.6 is 11.6 Å². The van der Waals surface area contributed by atoms with E-state index >= 15 is 0 Å². The first-order chi connectivity index (χ1) is 9.97. The van der Waals surface area contributed by atoms with Crippen molar-refractivity contribution in [3.63, 3.8) is 0 Å². The smallest absolute Gasteiger partial charge is 0.132 e. The fraction of sp³-hybridized carbons (Fsp3) is 0.400. The Hall–Kier alpha value is -1.59. The summed E-state index contributed by atoms with van der Waals surface area (Å²) in [5.41, 5.74) is 1.68. The molecule has 0 radical (unpaired) electrons. The lowest BCUT2D eigenvalue weighted by Crippen LogP contribution is -2.08. The summed E-state index contributed by atoms with van der Waals surface area (Å²) in [4.78, 5) is 0. The number of hydrogen-bond donors (Lipinski definition) is 1. The number of aliphatic hydroxyl groups is 1. The molecule has 4 nitrogen and oxygen atoms in total. The van der Waals surface area contributed by atoms with Crippen molar-refractivity contribution >= 4 is 11.6 Å². The number of aliphatic hydroxyl groups excluding tert-OH is 1. The summed E-state index contributed by atoms with van der Waals surface area (Å²) >= 11 is 6.24. The topological polar surface area (TPSA) is 47.3 Å². The van der Waals surface area contributed by atoms with E-state index in [-0.39, 0.29) is 12.0 Å². The zero-order valence-corrected chi connectivity index (χ0v) is 13.0. The van der Waals surface area contributed by atoms with Crippen LogP contribution in [0.2, 0.25) is 5.02 Å². The molecule has 21 heavy (non-hydrogen) atoms. The molecule has 1 unspecified atom stereocenters. The molecule has 0 aliphatic rings. The van der Waals surface area contributed by atoms with Crippen LogP contribution in [0.15, 0.2) is 18.2 Å². The highest BCUT2D eigenvalue weighted by Gasteiger charge is 2.20. The van der Waals surface area contributed by atoms with E-state index in [4.69, 9.17) is 16.3 Å². The van der Waals surface area contributed by atoms with Crippen molar-refractivity contribution in [1.29, 1.82) is 0 Å². The summed E-state index contributed by atoms with van der Waals surface area (Å²) in [6.07, 6.45) is -0.0841. The Morgan fingerprint density at radius 2 is 2.19 bits per heavy atom. The highest BCUT2D eigenvalue weighted by atomic mass is 35.5. The van der Waals surface area contributed by atoms with Gasteiger partial charge in [-0.3, -0.25) is 4.68 Å². The minimum absolute atomic E-state index is 0.200. The van der Waals surface area contributed by atoms with E-state index in [9.17, 15) is 9.50 Å². The number of halogens is 2. The highest BCUT2D eigenvalue weighted by molar-refractivity contribution is 6.31. The first-order valence-corrected chi connectivity index (χ1v) is 7.07. The van der Waals surface area contributed by atoms with Gasteiger partial charge in [0.25, 0.3) is 0 Å². The van der Waals surface area contributed by atoms with Crippen molar-refractivity contribution in [2.45, 2.75) is 25.9 Å². The van der Waals surface area contributed by atoms with E-state index in [1.807, 2.05) is 6.92 Å². The van der Waals surface area contributed by atoms with E-state index in [2.05, 4.69) is 5.10 Å². The molecule has 0 amide bonds. The second-order valence-electron chi connectivity index (χ2n) is 4.79. The predicted molar refractivity (Wildman–Crippen MR) is 79.2 cm³/mol. The predicted octanol–water partition coefficient (Wildman–Crippen LogP) is 3.06. The third-order valence-electron chi connectivity index (χ3n) is 3.46. The van der Waals surface area contributed by atoms with E-state index in [1.54, 1.807) is 17.8 Å². The van der Waals surface area contributed by atoms with Gasteiger partial charge < -0.3 is 9.84 Å². The lowest BCUT2D eigenvalue weighted by molar-refractivity contribution is 0.171.